The Morgan fingerprint density at radius 3 is 1.97 bits per heavy atom. The van der Waals surface area contributed by atoms with Gasteiger partial charge < -0.3 is 15.5 Å². The summed E-state index contributed by atoms with van der Waals surface area (Å²) in [4.78, 5) is 40.3. The smallest absolute Gasteiger partial charge is 0.313 e. The molecule has 158 valence electrons. The van der Waals surface area contributed by atoms with Crippen molar-refractivity contribution in [1.29, 1.82) is 0 Å². The molecule has 2 aromatic carbocycles. The maximum atomic E-state index is 12.5. The number of nitrogens with one attached hydrogen (secondary N) is 2. The summed E-state index contributed by atoms with van der Waals surface area (Å²) in [5.74, 6) is -1.43. The van der Waals surface area contributed by atoms with E-state index in [1.54, 1.807) is 53.4 Å². The quantitative estimate of drug-likeness (QED) is 0.688. The van der Waals surface area contributed by atoms with Crippen molar-refractivity contribution >= 4 is 46.6 Å². The lowest BCUT2D eigenvalue weighted by Crippen LogP contribution is -2.50. The summed E-state index contributed by atoms with van der Waals surface area (Å²) in [6.07, 6.45) is 0. The molecule has 9 heteroatoms. The van der Waals surface area contributed by atoms with Crippen molar-refractivity contribution < 1.29 is 14.4 Å². The van der Waals surface area contributed by atoms with Crippen LogP contribution in [0.3, 0.4) is 0 Å². The van der Waals surface area contributed by atoms with Crippen LogP contribution >= 0.6 is 23.2 Å². The van der Waals surface area contributed by atoms with E-state index in [1.807, 2.05) is 0 Å². The Bertz CT molecular complexity index is 895. The van der Waals surface area contributed by atoms with Gasteiger partial charge in [0, 0.05) is 60.6 Å². The predicted molar refractivity (Wildman–Crippen MR) is 117 cm³/mol. The number of nitrogens with zero attached hydrogens (tertiary/aromatic N) is 2. The van der Waals surface area contributed by atoms with Gasteiger partial charge in [-0.2, -0.15) is 0 Å². The molecule has 0 atom stereocenters. The molecule has 0 spiro atoms. The van der Waals surface area contributed by atoms with E-state index < -0.39 is 11.8 Å². The van der Waals surface area contributed by atoms with Gasteiger partial charge in [-0.3, -0.25) is 19.3 Å². The number of carbonyl (C=O) groups is 3. The first kappa shape index (κ1) is 22.1. The Balaban J connectivity index is 1.36. The molecule has 2 aromatic rings. The first-order valence-corrected chi connectivity index (χ1v) is 10.3. The molecule has 3 amide bonds. The third-order valence-electron chi connectivity index (χ3n) is 4.77. The van der Waals surface area contributed by atoms with Gasteiger partial charge in [0.15, 0.2) is 0 Å². The van der Waals surface area contributed by atoms with E-state index in [2.05, 4.69) is 15.5 Å². The maximum Gasteiger partial charge on any atom is 0.313 e. The van der Waals surface area contributed by atoms with E-state index in [0.717, 1.165) is 0 Å². The maximum absolute atomic E-state index is 12.5. The molecule has 0 unspecified atom stereocenters. The summed E-state index contributed by atoms with van der Waals surface area (Å²) >= 11 is 11.7. The zero-order valence-corrected chi connectivity index (χ0v) is 17.7. The van der Waals surface area contributed by atoms with Crippen LogP contribution in [0, 0.1) is 0 Å². The van der Waals surface area contributed by atoms with Gasteiger partial charge >= 0.3 is 11.8 Å². The lowest BCUT2D eigenvalue weighted by molar-refractivity contribution is -0.136. The van der Waals surface area contributed by atoms with Crippen LogP contribution in [0.5, 0.6) is 0 Å². The van der Waals surface area contributed by atoms with Crippen molar-refractivity contribution in [2.24, 2.45) is 0 Å². The van der Waals surface area contributed by atoms with E-state index in [0.29, 0.717) is 60.6 Å². The number of anilines is 1. The Morgan fingerprint density at radius 2 is 1.37 bits per heavy atom. The summed E-state index contributed by atoms with van der Waals surface area (Å²) in [5.41, 5.74) is 1.12. The molecular weight excluding hydrogens is 427 g/mol. The molecular formula is C21H22Cl2N4O3. The van der Waals surface area contributed by atoms with Crippen molar-refractivity contribution in [3.8, 4) is 0 Å². The number of halogens is 2. The molecule has 0 saturated carbocycles. The fourth-order valence-corrected chi connectivity index (χ4v) is 3.33. The van der Waals surface area contributed by atoms with E-state index in [-0.39, 0.29) is 5.91 Å². The highest BCUT2D eigenvalue weighted by molar-refractivity contribution is 6.39. The second kappa shape index (κ2) is 10.4. The number of carbonyl (C=O) groups excluding carboxylic acids is 3. The molecule has 0 aliphatic carbocycles. The third-order valence-corrected chi connectivity index (χ3v) is 5.28. The van der Waals surface area contributed by atoms with Crippen LogP contribution in [0.25, 0.3) is 0 Å². The van der Waals surface area contributed by atoms with Crippen LogP contribution in [0.1, 0.15) is 10.4 Å². The summed E-state index contributed by atoms with van der Waals surface area (Å²) in [5, 5.41) is 6.28. The Kier molecular flexibility index (Phi) is 7.68. The van der Waals surface area contributed by atoms with Gasteiger partial charge in [-0.05, 0) is 48.5 Å². The Labute approximate surface area is 184 Å². The number of benzene rings is 2. The third kappa shape index (κ3) is 6.19. The fraction of sp³-hybridized carbons (Fsp3) is 0.286. The lowest BCUT2D eigenvalue weighted by atomic mass is 10.2. The predicted octanol–water partition coefficient (Wildman–Crippen LogP) is 2.51. The van der Waals surface area contributed by atoms with Crippen LogP contribution in [-0.2, 0) is 9.59 Å². The Morgan fingerprint density at radius 1 is 0.800 bits per heavy atom. The molecule has 0 radical (unpaired) electrons. The topological polar surface area (TPSA) is 81.8 Å². The van der Waals surface area contributed by atoms with Crippen LogP contribution < -0.4 is 10.6 Å². The highest BCUT2D eigenvalue weighted by Crippen LogP contribution is 2.14. The van der Waals surface area contributed by atoms with Crippen molar-refractivity contribution in [2.75, 3.05) is 44.6 Å². The lowest BCUT2D eigenvalue weighted by Gasteiger charge is -2.34. The second-order valence-corrected chi connectivity index (χ2v) is 7.73. The van der Waals surface area contributed by atoms with Crippen LogP contribution in [0.15, 0.2) is 48.5 Å². The monoisotopic (exact) mass is 448 g/mol. The van der Waals surface area contributed by atoms with Crippen LogP contribution in [0.2, 0.25) is 10.0 Å². The highest BCUT2D eigenvalue weighted by Gasteiger charge is 2.22. The molecule has 1 aliphatic rings. The van der Waals surface area contributed by atoms with Gasteiger partial charge in [0.05, 0.1) is 0 Å². The fourth-order valence-electron chi connectivity index (χ4n) is 3.08. The molecule has 0 bridgehead atoms. The first-order chi connectivity index (χ1) is 14.4. The minimum atomic E-state index is -0.726. The van der Waals surface area contributed by atoms with Gasteiger partial charge in [0.2, 0.25) is 0 Å². The van der Waals surface area contributed by atoms with Crippen molar-refractivity contribution in [3.63, 3.8) is 0 Å². The highest BCUT2D eigenvalue weighted by atomic mass is 35.5. The van der Waals surface area contributed by atoms with Crippen molar-refractivity contribution in [3.05, 3.63) is 64.1 Å². The van der Waals surface area contributed by atoms with Crippen LogP contribution in [-0.4, -0.2) is 66.8 Å². The standard InChI is InChI=1S/C21H22Cl2N4O3/c22-16-3-1-15(2-4-16)21(30)27-13-11-26(12-14-27)10-9-24-19(28)20(29)25-18-7-5-17(23)6-8-18/h1-8H,9-14H2,(H,24,28)(H,25,29). The average molecular weight is 449 g/mol. The largest absolute Gasteiger partial charge is 0.347 e. The van der Waals surface area contributed by atoms with Crippen LogP contribution in [0.4, 0.5) is 5.69 Å². The Hall–Kier alpha value is -2.61. The van der Waals surface area contributed by atoms with Gasteiger partial charge in [-0.25, -0.2) is 0 Å². The summed E-state index contributed by atoms with van der Waals surface area (Å²) in [6, 6.07) is 13.4. The molecule has 1 saturated heterocycles. The molecule has 1 fully saturated rings. The zero-order valence-electron chi connectivity index (χ0n) is 16.2. The van der Waals surface area contributed by atoms with Crippen molar-refractivity contribution in [1.82, 2.24) is 15.1 Å². The normalized spacial score (nSPS) is 14.3. The van der Waals surface area contributed by atoms with E-state index in [4.69, 9.17) is 23.2 Å². The number of rotatable bonds is 5. The molecule has 30 heavy (non-hydrogen) atoms. The minimum absolute atomic E-state index is 0.0153. The first-order valence-electron chi connectivity index (χ1n) is 9.54. The number of amides is 3. The molecule has 1 aliphatic heterocycles. The molecule has 3 rings (SSSR count). The summed E-state index contributed by atoms with van der Waals surface area (Å²) < 4.78 is 0. The minimum Gasteiger partial charge on any atom is -0.347 e. The van der Waals surface area contributed by atoms with Gasteiger partial charge in [-0.15, -0.1) is 0 Å². The zero-order chi connectivity index (χ0) is 21.5. The molecule has 0 aromatic heterocycles. The van der Waals surface area contributed by atoms with Gasteiger partial charge in [0.1, 0.15) is 0 Å². The molecule has 1 heterocycles. The van der Waals surface area contributed by atoms with E-state index in [1.165, 1.54) is 0 Å². The van der Waals surface area contributed by atoms with Gasteiger partial charge in [0.25, 0.3) is 5.91 Å². The van der Waals surface area contributed by atoms with Gasteiger partial charge in [-0.1, -0.05) is 23.2 Å². The van der Waals surface area contributed by atoms with Crippen molar-refractivity contribution in [2.45, 2.75) is 0 Å². The van der Waals surface area contributed by atoms with E-state index in [9.17, 15) is 14.4 Å². The molecule has 2 N–H and O–H groups in total. The number of hydrogen-bond donors (Lipinski definition) is 2. The number of piperazine rings is 1. The second-order valence-electron chi connectivity index (χ2n) is 6.86. The van der Waals surface area contributed by atoms with E-state index >= 15 is 0 Å². The number of hydrogen-bond acceptors (Lipinski definition) is 4. The summed E-state index contributed by atoms with van der Waals surface area (Å²) in [7, 11) is 0. The summed E-state index contributed by atoms with van der Waals surface area (Å²) in [6.45, 7) is 3.55. The SMILES string of the molecule is O=C(NCCN1CCN(C(=O)c2ccc(Cl)cc2)CC1)C(=O)Nc1ccc(Cl)cc1. The molecule has 7 nitrogen and oxygen atoms in total. The average Bonchev–Trinajstić information content (AvgIpc) is 2.76.